The Labute approximate surface area is 357 Å². The predicted octanol–water partition coefficient (Wildman–Crippen LogP) is 15.5. The van der Waals surface area contributed by atoms with Crippen molar-refractivity contribution in [2.24, 2.45) is 0 Å². The van der Waals surface area contributed by atoms with Crippen LogP contribution in [0.15, 0.2) is 194 Å². The third kappa shape index (κ3) is 5.15. The van der Waals surface area contributed by atoms with E-state index in [-0.39, 0.29) is 0 Å². The first-order chi connectivity index (χ1) is 29.9. The van der Waals surface area contributed by atoms with Crippen LogP contribution in [-0.2, 0) is 5.41 Å². The summed E-state index contributed by atoms with van der Waals surface area (Å²) in [5.41, 5.74) is 24.9. The molecule has 1 spiro atoms. The van der Waals surface area contributed by atoms with Crippen molar-refractivity contribution in [2.45, 2.75) is 33.1 Å². The van der Waals surface area contributed by atoms with Crippen molar-refractivity contribution in [2.75, 3.05) is 4.90 Å². The standard InChI is InChI=1S/C59H44N2/c1-37-18-29-46-47-30-19-38(2)33-52(47)59(51(46)32-37)53-34-39(3)20-31-50(53)58-54(59)35-40(4)36-57(58)60(43-12-6-5-7-13-43)44-25-21-41(22-26-44)42-23-27-45(28-24-42)61-55-16-10-8-14-48(55)49-15-9-11-17-56(49)61/h5-36H,1-4H3. The molecule has 0 bridgehead atoms. The highest BCUT2D eigenvalue weighted by Crippen LogP contribution is 2.65. The Kier molecular flexibility index (Phi) is 7.74. The van der Waals surface area contributed by atoms with Gasteiger partial charge in [0.15, 0.2) is 0 Å². The van der Waals surface area contributed by atoms with Crippen LogP contribution in [0.2, 0.25) is 0 Å². The van der Waals surface area contributed by atoms with Gasteiger partial charge in [-0.05, 0) is 138 Å². The van der Waals surface area contributed by atoms with Crippen molar-refractivity contribution in [1.82, 2.24) is 4.57 Å². The van der Waals surface area contributed by atoms with Gasteiger partial charge in [-0.25, -0.2) is 0 Å². The molecule has 0 radical (unpaired) electrons. The van der Waals surface area contributed by atoms with Crippen LogP contribution in [0.1, 0.15) is 44.5 Å². The van der Waals surface area contributed by atoms with Crippen molar-refractivity contribution >= 4 is 38.9 Å². The fourth-order valence-corrected chi connectivity index (χ4v) is 10.8. The molecule has 2 aliphatic rings. The van der Waals surface area contributed by atoms with Crippen molar-refractivity contribution in [3.8, 4) is 39.1 Å². The second kappa shape index (κ2) is 13.3. The number of aryl methyl sites for hydroxylation is 4. The summed E-state index contributed by atoms with van der Waals surface area (Å²) in [6.07, 6.45) is 0. The highest BCUT2D eigenvalue weighted by Gasteiger charge is 2.53. The monoisotopic (exact) mass is 780 g/mol. The van der Waals surface area contributed by atoms with Gasteiger partial charge in [0.2, 0.25) is 0 Å². The number of nitrogens with zero attached hydrogens (tertiary/aromatic N) is 2. The number of fused-ring (bicyclic) bond motifs is 13. The summed E-state index contributed by atoms with van der Waals surface area (Å²) in [7, 11) is 0. The Morgan fingerprint density at radius 2 is 0.836 bits per heavy atom. The van der Waals surface area contributed by atoms with E-state index >= 15 is 0 Å². The molecule has 0 aliphatic heterocycles. The average Bonchev–Trinajstić information content (AvgIpc) is 3.88. The van der Waals surface area contributed by atoms with Gasteiger partial charge < -0.3 is 9.47 Å². The van der Waals surface area contributed by atoms with E-state index in [1.165, 1.54) is 105 Å². The van der Waals surface area contributed by atoms with Crippen LogP contribution in [-0.4, -0.2) is 4.57 Å². The molecular weight excluding hydrogens is 737 g/mol. The minimum atomic E-state index is -0.433. The maximum absolute atomic E-state index is 2.48. The first-order valence-corrected chi connectivity index (χ1v) is 21.4. The van der Waals surface area contributed by atoms with Gasteiger partial charge in [-0.1, -0.05) is 156 Å². The first kappa shape index (κ1) is 35.5. The molecule has 2 nitrogen and oxygen atoms in total. The van der Waals surface area contributed by atoms with Gasteiger partial charge in [0.05, 0.1) is 22.1 Å². The molecule has 2 heteroatoms. The van der Waals surface area contributed by atoms with Crippen LogP contribution in [0.3, 0.4) is 0 Å². The zero-order valence-electron chi connectivity index (χ0n) is 34.9. The molecule has 12 rings (SSSR count). The van der Waals surface area contributed by atoms with Crippen LogP contribution in [0.5, 0.6) is 0 Å². The fourth-order valence-electron chi connectivity index (χ4n) is 10.8. The number of rotatable bonds is 5. The normalized spacial score (nSPS) is 13.0. The minimum Gasteiger partial charge on any atom is -0.310 e. The summed E-state index contributed by atoms with van der Waals surface area (Å²) in [5.74, 6) is 0. The Hall–Kier alpha value is -7.42. The molecule has 9 aromatic carbocycles. The quantitative estimate of drug-likeness (QED) is 0.169. The summed E-state index contributed by atoms with van der Waals surface area (Å²) in [6.45, 7) is 8.97. The SMILES string of the molecule is Cc1ccc2c(c1)C1(c3cc(C)ccc3-2)c2cc(C)ccc2-c2c(N(c3ccccc3)c3ccc(-c4ccc(-n5c6ccccc6c6ccccc65)cc4)cc3)cc(C)cc21. The lowest BCUT2D eigenvalue weighted by atomic mass is 9.69. The molecule has 61 heavy (non-hydrogen) atoms. The van der Waals surface area contributed by atoms with E-state index in [9.17, 15) is 0 Å². The van der Waals surface area contributed by atoms with Crippen LogP contribution in [0.25, 0.3) is 60.9 Å². The highest BCUT2D eigenvalue weighted by molar-refractivity contribution is 6.09. The van der Waals surface area contributed by atoms with Crippen LogP contribution >= 0.6 is 0 Å². The lowest BCUT2D eigenvalue weighted by molar-refractivity contribution is 0.789. The second-order valence-electron chi connectivity index (χ2n) is 17.2. The average molecular weight is 781 g/mol. The summed E-state index contributed by atoms with van der Waals surface area (Å²) in [5, 5.41) is 2.55. The second-order valence-corrected chi connectivity index (χ2v) is 17.2. The van der Waals surface area contributed by atoms with E-state index in [2.05, 4.69) is 231 Å². The van der Waals surface area contributed by atoms with Gasteiger partial charge in [0, 0.05) is 33.4 Å². The Morgan fingerprint density at radius 1 is 0.377 bits per heavy atom. The van der Waals surface area contributed by atoms with Gasteiger partial charge in [-0.3, -0.25) is 0 Å². The minimum absolute atomic E-state index is 0.433. The molecule has 2 aliphatic carbocycles. The summed E-state index contributed by atoms with van der Waals surface area (Å²) >= 11 is 0. The zero-order chi connectivity index (χ0) is 41.0. The zero-order valence-corrected chi connectivity index (χ0v) is 34.9. The van der Waals surface area contributed by atoms with E-state index in [1.54, 1.807) is 0 Å². The topological polar surface area (TPSA) is 8.17 Å². The molecule has 0 unspecified atom stereocenters. The summed E-state index contributed by atoms with van der Waals surface area (Å²) < 4.78 is 2.38. The fraction of sp³-hybridized carbons (Fsp3) is 0.0847. The Balaban J connectivity index is 1.02. The molecule has 0 saturated carbocycles. The third-order valence-corrected chi connectivity index (χ3v) is 13.4. The largest absolute Gasteiger partial charge is 0.310 e. The molecule has 1 aromatic heterocycles. The summed E-state index contributed by atoms with van der Waals surface area (Å²) in [6, 6.07) is 72.7. The number of benzene rings is 9. The van der Waals surface area contributed by atoms with E-state index in [1.807, 2.05) is 0 Å². The number of aromatic nitrogens is 1. The maximum Gasteiger partial charge on any atom is 0.0726 e. The number of para-hydroxylation sites is 3. The van der Waals surface area contributed by atoms with E-state index in [0.29, 0.717) is 0 Å². The number of anilines is 3. The van der Waals surface area contributed by atoms with Crippen LogP contribution in [0.4, 0.5) is 17.1 Å². The van der Waals surface area contributed by atoms with Gasteiger partial charge in [0.1, 0.15) is 0 Å². The van der Waals surface area contributed by atoms with Crippen LogP contribution < -0.4 is 4.90 Å². The Bertz CT molecular complexity index is 3280. The van der Waals surface area contributed by atoms with Gasteiger partial charge >= 0.3 is 0 Å². The lowest BCUT2D eigenvalue weighted by Crippen LogP contribution is -2.26. The van der Waals surface area contributed by atoms with E-state index in [4.69, 9.17) is 0 Å². The molecule has 290 valence electrons. The molecular formula is C59H44N2. The van der Waals surface area contributed by atoms with E-state index in [0.717, 1.165) is 17.1 Å². The van der Waals surface area contributed by atoms with E-state index < -0.39 is 5.41 Å². The van der Waals surface area contributed by atoms with Crippen molar-refractivity contribution in [3.05, 3.63) is 239 Å². The van der Waals surface area contributed by atoms with Crippen molar-refractivity contribution in [3.63, 3.8) is 0 Å². The van der Waals surface area contributed by atoms with Crippen LogP contribution in [0, 0.1) is 27.7 Å². The molecule has 1 heterocycles. The lowest BCUT2D eigenvalue weighted by Gasteiger charge is -2.33. The molecule has 10 aromatic rings. The highest BCUT2D eigenvalue weighted by atomic mass is 15.1. The molecule has 0 N–H and O–H groups in total. The smallest absolute Gasteiger partial charge is 0.0726 e. The van der Waals surface area contributed by atoms with Crippen molar-refractivity contribution < 1.29 is 0 Å². The Morgan fingerprint density at radius 3 is 1.41 bits per heavy atom. The number of hydrogen-bond acceptors (Lipinski definition) is 1. The molecule has 0 fully saturated rings. The summed E-state index contributed by atoms with van der Waals surface area (Å²) in [4.78, 5) is 2.48. The number of hydrogen-bond donors (Lipinski definition) is 0. The molecule has 0 amide bonds. The van der Waals surface area contributed by atoms with Crippen molar-refractivity contribution in [1.29, 1.82) is 0 Å². The first-order valence-electron chi connectivity index (χ1n) is 21.4. The van der Waals surface area contributed by atoms with Gasteiger partial charge in [-0.15, -0.1) is 0 Å². The maximum atomic E-state index is 2.48. The predicted molar refractivity (Wildman–Crippen MR) is 256 cm³/mol. The van der Waals surface area contributed by atoms with Gasteiger partial charge in [-0.2, -0.15) is 0 Å². The molecule has 0 atom stereocenters. The van der Waals surface area contributed by atoms with Gasteiger partial charge in [0.25, 0.3) is 0 Å². The molecule has 0 saturated heterocycles. The third-order valence-electron chi connectivity index (χ3n) is 13.4.